The monoisotopic (exact) mass is 253 g/mol. The van der Waals surface area contributed by atoms with E-state index in [0.29, 0.717) is 0 Å². The Balaban J connectivity index is 2.23. The molecule has 2 aromatic rings. The van der Waals surface area contributed by atoms with Crippen molar-refractivity contribution in [3.63, 3.8) is 0 Å². The maximum Gasteiger partial charge on any atom is 0.0416 e. The van der Waals surface area contributed by atoms with Gasteiger partial charge in [-0.3, -0.25) is 0 Å². The molecule has 1 nitrogen and oxygen atoms in total. The van der Waals surface area contributed by atoms with Gasteiger partial charge in [-0.05, 0) is 42.2 Å². The first-order chi connectivity index (χ1) is 9.33. The second-order valence-electron chi connectivity index (χ2n) is 4.98. The standard InChI is InChI=1S/C18H23N/c1-3-8-15-12-13-18(16(14-15)9-4-2)19-17-10-6-5-7-11-17/h5-7,10-14,19H,3-4,8-9H2,1-2H3. The number of hydrogen-bond donors (Lipinski definition) is 1. The highest BCUT2D eigenvalue weighted by atomic mass is 14.9. The normalized spacial score (nSPS) is 10.4. The lowest BCUT2D eigenvalue weighted by Gasteiger charge is -2.13. The molecule has 0 bridgehead atoms. The van der Waals surface area contributed by atoms with E-state index < -0.39 is 0 Å². The van der Waals surface area contributed by atoms with Crippen molar-refractivity contribution in [2.24, 2.45) is 0 Å². The van der Waals surface area contributed by atoms with Crippen molar-refractivity contribution >= 4 is 11.4 Å². The van der Waals surface area contributed by atoms with Crippen molar-refractivity contribution in [1.82, 2.24) is 0 Å². The van der Waals surface area contributed by atoms with Gasteiger partial charge in [-0.15, -0.1) is 0 Å². The summed E-state index contributed by atoms with van der Waals surface area (Å²) in [7, 11) is 0. The molecule has 0 aliphatic rings. The molecule has 0 amide bonds. The average molecular weight is 253 g/mol. The van der Waals surface area contributed by atoms with Crippen LogP contribution < -0.4 is 5.32 Å². The molecule has 2 rings (SSSR count). The molecule has 0 atom stereocenters. The summed E-state index contributed by atoms with van der Waals surface area (Å²) >= 11 is 0. The molecule has 19 heavy (non-hydrogen) atoms. The number of rotatable bonds is 6. The molecule has 0 saturated heterocycles. The van der Waals surface area contributed by atoms with Crippen molar-refractivity contribution in [1.29, 1.82) is 0 Å². The highest BCUT2D eigenvalue weighted by Crippen LogP contribution is 2.24. The molecule has 0 saturated carbocycles. The van der Waals surface area contributed by atoms with Crippen LogP contribution in [0, 0.1) is 0 Å². The predicted octanol–water partition coefficient (Wildman–Crippen LogP) is 5.34. The van der Waals surface area contributed by atoms with Crippen LogP contribution in [0.3, 0.4) is 0 Å². The molecule has 0 aliphatic heterocycles. The summed E-state index contributed by atoms with van der Waals surface area (Å²) in [6, 6.07) is 17.2. The Morgan fingerprint density at radius 2 is 1.58 bits per heavy atom. The van der Waals surface area contributed by atoms with E-state index in [1.165, 1.54) is 36.1 Å². The largest absolute Gasteiger partial charge is 0.355 e. The first kappa shape index (κ1) is 13.7. The number of benzene rings is 2. The molecule has 0 radical (unpaired) electrons. The number of anilines is 2. The predicted molar refractivity (Wildman–Crippen MR) is 84.2 cm³/mol. The van der Waals surface area contributed by atoms with Gasteiger partial charge in [0.2, 0.25) is 0 Å². The van der Waals surface area contributed by atoms with Crippen molar-refractivity contribution in [3.8, 4) is 0 Å². The quantitative estimate of drug-likeness (QED) is 0.733. The summed E-state index contributed by atoms with van der Waals surface area (Å²) in [6.07, 6.45) is 4.69. The number of para-hydroxylation sites is 1. The molecule has 100 valence electrons. The third-order valence-corrected chi connectivity index (χ3v) is 3.28. The van der Waals surface area contributed by atoms with Crippen molar-refractivity contribution in [2.45, 2.75) is 39.5 Å². The van der Waals surface area contributed by atoms with Crippen LogP contribution in [0.1, 0.15) is 37.8 Å². The Morgan fingerprint density at radius 3 is 2.26 bits per heavy atom. The Labute approximate surface area is 116 Å². The number of hydrogen-bond acceptors (Lipinski definition) is 1. The Morgan fingerprint density at radius 1 is 0.842 bits per heavy atom. The van der Waals surface area contributed by atoms with Gasteiger partial charge < -0.3 is 5.32 Å². The van der Waals surface area contributed by atoms with E-state index in [0.717, 1.165) is 12.1 Å². The Hall–Kier alpha value is -1.76. The fourth-order valence-corrected chi connectivity index (χ4v) is 2.37. The Kier molecular flexibility index (Phi) is 5.02. The molecular weight excluding hydrogens is 230 g/mol. The zero-order valence-electron chi connectivity index (χ0n) is 11.9. The zero-order chi connectivity index (χ0) is 13.5. The van der Waals surface area contributed by atoms with Crippen LogP contribution in [-0.4, -0.2) is 0 Å². The molecule has 0 fully saturated rings. The number of nitrogens with one attached hydrogen (secondary N) is 1. The third kappa shape index (κ3) is 3.85. The first-order valence-electron chi connectivity index (χ1n) is 7.27. The summed E-state index contributed by atoms with van der Waals surface area (Å²) in [4.78, 5) is 0. The van der Waals surface area contributed by atoms with E-state index in [-0.39, 0.29) is 0 Å². The van der Waals surface area contributed by atoms with E-state index in [1.54, 1.807) is 0 Å². The van der Waals surface area contributed by atoms with Gasteiger partial charge in [0.25, 0.3) is 0 Å². The molecule has 1 N–H and O–H groups in total. The molecule has 0 spiro atoms. The minimum absolute atomic E-state index is 1.13. The zero-order valence-corrected chi connectivity index (χ0v) is 11.9. The highest BCUT2D eigenvalue weighted by molar-refractivity contribution is 5.63. The van der Waals surface area contributed by atoms with Crippen LogP contribution in [0.2, 0.25) is 0 Å². The van der Waals surface area contributed by atoms with Crippen LogP contribution in [0.4, 0.5) is 11.4 Å². The van der Waals surface area contributed by atoms with E-state index in [1.807, 2.05) is 6.07 Å². The lowest BCUT2D eigenvalue weighted by atomic mass is 10.0. The maximum absolute atomic E-state index is 3.53. The van der Waals surface area contributed by atoms with Gasteiger partial charge in [0.1, 0.15) is 0 Å². The van der Waals surface area contributed by atoms with Gasteiger partial charge in [-0.2, -0.15) is 0 Å². The Bertz CT molecular complexity index is 502. The molecule has 0 heterocycles. The molecule has 0 unspecified atom stereocenters. The topological polar surface area (TPSA) is 12.0 Å². The molecule has 2 aromatic carbocycles. The summed E-state index contributed by atoms with van der Waals surface area (Å²) in [5, 5.41) is 3.53. The van der Waals surface area contributed by atoms with Gasteiger partial charge in [0.05, 0.1) is 0 Å². The smallest absolute Gasteiger partial charge is 0.0416 e. The van der Waals surface area contributed by atoms with Crippen LogP contribution >= 0.6 is 0 Å². The van der Waals surface area contributed by atoms with E-state index in [9.17, 15) is 0 Å². The van der Waals surface area contributed by atoms with Gasteiger partial charge in [0.15, 0.2) is 0 Å². The first-order valence-corrected chi connectivity index (χ1v) is 7.27. The van der Waals surface area contributed by atoms with Crippen LogP contribution in [0.15, 0.2) is 48.5 Å². The van der Waals surface area contributed by atoms with Gasteiger partial charge in [-0.1, -0.05) is 57.0 Å². The lowest BCUT2D eigenvalue weighted by molar-refractivity contribution is 0.897. The second-order valence-corrected chi connectivity index (χ2v) is 4.98. The molecule has 0 aliphatic carbocycles. The summed E-state index contributed by atoms with van der Waals surface area (Å²) in [5.74, 6) is 0. The fraction of sp³-hybridized carbons (Fsp3) is 0.333. The van der Waals surface area contributed by atoms with Gasteiger partial charge in [0, 0.05) is 11.4 Å². The van der Waals surface area contributed by atoms with Crippen molar-refractivity contribution in [3.05, 3.63) is 59.7 Å². The lowest BCUT2D eigenvalue weighted by Crippen LogP contribution is -1.97. The van der Waals surface area contributed by atoms with E-state index in [2.05, 4.69) is 61.6 Å². The second kappa shape index (κ2) is 6.98. The number of aryl methyl sites for hydroxylation is 2. The van der Waals surface area contributed by atoms with Crippen LogP contribution in [0.5, 0.6) is 0 Å². The van der Waals surface area contributed by atoms with E-state index in [4.69, 9.17) is 0 Å². The average Bonchev–Trinajstić information content (AvgIpc) is 2.43. The van der Waals surface area contributed by atoms with Crippen LogP contribution in [-0.2, 0) is 12.8 Å². The third-order valence-electron chi connectivity index (χ3n) is 3.28. The minimum atomic E-state index is 1.13. The van der Waals surface area contributed by atoms with Crippen LogP contribution in [0.25, 0.3) is 0 Å². The highest BCUT2D eigenvalue weighted by Gasteiger charge is 2.04. The summed E-state index contributed by atoms with van der Waals surface area (Å²) in [5.41, 5.74) is 5.28. The van der Waals surface area contributed by atoms with Crippen molar-refractivity contribution < 1.29 is 0 Å². The molecular formula is C18H23N. The van der Waals surface area contributed by atoms with E-state index >= 15 is 0 Å². The minimum Gasteiger partial charge on any atom is -0.355 e. The molecule has 1 heteroatoms. The maximum atomic E-state index is 3.53. The SMILES string of the molecule is CCCc1ccc(Nc2ccccc2)c(CCC)c1. The summed E-state index contributed by atoms with van der Waals surface area (Å²) in [6.45, 7) is 4.47. The fourth-order valence-electron chi connectivity index (χ4n) is 2.37. The summed E-state index contributed by atoms with van der Waals surface area (Å²) < 4.78 is 0. The van der Waals surface area contributed by atoms with Crippen molar-refractivity contribution in [2.75, 3.05) is 5.32 Å². The van der Waals surface area contributed by atoms with Gasteiger partial charge >= 0.3 is 0 Å². The molecule has 0 aromatic heterocycles. The van der Waals surface area contributed by atoms with Gasteiger partial charge in [-0.25, -0.2) is 0 Å².